The molecule has 0 spiro atoms. The average Bonchev–Trinajstić information content (AvgIpc) is 2.96. The number of anilines is 2. The number of methoxy groups -OCH3 is 1. The Morgan fingerprint density at radius 1 is 1.02 bits per heavy atom. The average molecular weight is 557 g/mol. The third-order valence-electron chi connectivity index (χ3n) is 6.90. The summed E-state index contributed by atoms with van der Waals surface area (Å²) in [5, 5.41) is 3.32. The van der Waals surface area contributed by atoms with E-state index in [1.165, 1.54) is 38.0 Å². The van der Waals surface area contributed by atoms with Gasteiger partial charge in [0, 0.05) is 42.7 Å². The first-order valence-electron chi connectivity index (χ1n) is 12.9. The second kappa shape index (κ2) is 10.9. The maximum Gasteiger partial charge on any atom is 0.346 e. The number of nitrogens with one attached hydrogen (secondary N) is 1. The highest BCUT2D eigenvalue weighted by Crippen LogP contribution is 2.45. The van der Waals surface area contributed by atoms with Crippen LogP contribution in [0.5, 0.6) is 17.2 Å². The number of nitrogens with zero attached hydrogens (tertiary/aromatic N) is 3. The predicted octanol–water partition coefficient (Wildman–Crippen LogP) is 5.56. The zero-order valence-electron chi connectivity index (χ0n) is 23.3. The third-order valence-corrected chi connectivity index (χ3v) is 6.90. The quantitative estimate of drug-likeness (QED) is 0.233. The van der Waals surface area contributed by atoms with Gasteiger partial charge in [-0.15, -0.1) is 0 Å². The van der Waals surface area contributed by atoms with E-state index in [0.717, 1.165) is 16.8 Å². The normalized spacial score (nSPS) is 13.7. The molecule has 1 N–H and O–H groups in total. The van der Waals surface area contributed by atoms with Gasteiger partial charge >= 0.3 is 5.97 Å². The van der Waals surface area contributed by atoms with Gasteiger partial charge in [-0.05, 0) is 56.2 Å². The van der Waals surface area contributed by atoms with Crippen LogP contribution in [0.2, 0.25) is 0 Å². The molecule has 0 fully saturated rings. The maximum absolute atomic E-state index is 14.0. The van der Waals surface area contributed by atoms with E-state index in [0.29, 0.717) is 28.3 Å². The minimum absolute atomic E-state index is 0.0381. The number of carbonyl (C=O) groups excluding carboxylic acids is 2. The summed E-state index contributed by atoms with van der Waals surface area (Å²) in [5.41, 5.74) is 3.66. The van der Waals surface area contributed by atoms with Crippen molar-refractivity contribution in [1.82, 2.24) is 9.97 Å². The minimum Gasteiger partial charge on any atom is -0.496 e. The molecule has 0 saturated carbocycles. The van der Waals surface area contributed by atoms with Crippen LogP contribution in [0.15, 0.2) is 67.3 Å². The summed E-state index contributed by atoms with van der Waals surface area (Å²) in [5.74, 6) is -0.0506. The number of benzene rings is 3. The second-order valence-corrected chi connectivity index (χ2v) is 10.2. The Morgan fingerprint density at radius 3 is 2.49 bits per heavy atom. The minimum atomic E-state index is -0.812. The highest BCUT2D eigenvalue weighted by atomic mass is 19.1. The van der Waals surface area contributed by atoms with Crippen molar-refractivity contribution in [3.05, 3.63) is 89.8 Å². The van der Waals surface area contributed by atoms with E-state index in [9.17, 15) is 14.0 Å². The molecule has 41 heavy (non-hydrogen) atoms. The standard InChI is InChI=1S/C31H29FN4O5/c1-18-6-7-20(32)12-26(18)40-16-24-22(10-11-25-28(24)36(4)30(38)31(2,3)35-25)23-9-8-21(13-27(23)39-5)41-29(37)19-14-33-17-34-15-19/h6-15,17,35H,16H2,1-5H3. The molecular formula is C31H29FN4O5. The summed E-state index contributed by atoms with van der Waals surface area (Å²) in [4.78, 5) is 35.1. The van der Waals surface area contributed by atoms with Crippen LogP contribution < -0.4 is 24.4 Å². The number of esters is 1. The number of carbonyl (C=O) groups is 2. The van der Waals surface area contributed by atoms with Crippen molar-refractivity contribution >= 4 is 23.3 Å². The first-order chi connectivity index (χ1) is 19.6. The lowest BCUT2D eigenvalue weighted by Crippen LogP contribution is -2.52. The van der Waals surface area contributed by atoms with E-state index in [2.05, 4.69) is 15.3 Å². The summed E-state index contributed by atoms with van der Waals surface area (Å²) < 4.78 is 31.4. The lowest BCUT2D eigenvalue weighted by molar-refractivity contribution is -0.121. The molecule has 0 radical (unpaired) electrons. The number of ether oxygens (including phenoxy) is 3. The van der Waals surface area contributed by atoms with Gasteiger partial charge in [-0.3, -0.25) is 4.79 Å². The van der Waals surface area contributed by atoms with Crippen LogP contribution in [0, 0.1) is 12.7 Å². The third kappa shape index (κ3) is 5.41. The van der Waals surface area contributed by atoms with Crippen LogP contribution >= 0.6 is 0 Å². The van der Waals surface area contributed by atoms with Gasteiger partial charge in [-0.25, -0.2) is 19.2 Å². The van der Waals surface area contributed by atoms with Gasteiger partial charge in [-0.2, -0.15) is 0 Å². The van der Waals surface area contributed by atoms with Gasteiger partial charge in [0.2, 0.25) is 0 Å². The summed E-state index contributed by atoms with van der Waals surface area (Å²) in [6, 6.07) is 13.2. The van der Waals surface area contributed by atoms with Crippen molar-refractivity contribution in [2.75, 3.05) is 24.4 Å². The zero-order valence-corrected chi connectivity index (χ0v) is 23.3. The number of hydrogen-bond donors (Lipinski definition) is 1. The maximum atomic E-state index is 14.0. The van der Waals surface area contributed by atoms with E-state index in [-0.39, 0.29) is 23.8 Å². The summed E-state index contributed by atoms with van der Waals surface area (Å²) in [6.45, 7) is 5.51. The first-order valence-corrected chi connectivity index (χ1v) is 12.9. The van der Waals surface area contributed by atoms with Gasteiger partial charge in [-0.1, -0.05) is 12.1 Å². The van der Waals surface area contributed by atoms with Crippen LogP contribution in [0.1, 0.15) is 35.3 Å². The number of hydrogen-bond acceptors (Lipinski definition) is 8. The molecule has 3 aromatic carbocycles. The number of likely N-dealkylation sites (N-methyl/N-ethyl adjacent to an activating group) is 1. The predicted molar refractivity (Wildman–Crippen MR) is 152 cm³/mol. The second-order valence-electron chi connectivity index (χ2n) is 10.2. The molecule has 0 saturated heterocycles. The van der Waals surface area contributed by atoms with E-state index < -0.39 is 17.3 Å². The molecule has 1 amide bonds. The Balaban J connectivity index is 1.58. The van der Waals surface area contributed by atoms with Crippen LogP contribution in [0.4, 0.5) is 15.8 Å². The van der Waals surface area contributed by atoms with E-state index in [4.69, 9.17) is 14.2 Å². The van der Waals surface area contributed by atoms with Crippen LogP contribution in [-0.4, -0.2) is 41.5 Å². The van der Waals surface area contributed by atoms with Crippen molar-refractivity contribution in [2.45, 2.75) is 32.9 Å². The molecule has 1 aromatic heterocycles. The Morgan fingerprint density at radius 2 is 1.76 bits per heavy atom. The smallest absolute Gasteiger partial charge is 0.346 e. The number of fused-ring (bicyclic) bond motifs is 1. The Hall–Kier alpha value is -4.99. The van der Waals surface area contributed by atoms with Gasteiger partial charge in [0.15, 0.2) is 0 Å². The van der Waals surface area contributed by atoms with Gasteiger partial charge in [0.05, 0.1) is 24.0 Å². The number of aryl methyl sites for hydroxylation is 1. The number of halogens is 1. The first kappa shape index (κ1) is 27.6. The molecule has 0 unspecified atom stereocenters. The molecule has 1 aliphatic heterocycles. The largest absolute Gasteiger partial charge is 0.496 e. The number of rotatable bonds is 7. The molecule has 0 aliphatic carbocycles. The highest BCUT2D eigenvalue weighted by Gasteiger charge is 2.38. The zero-order chi connectivity index (χ0) is 29.3. The lowest BCUT2D eigenvalue weighted by Gasteiger charge is -2.39. The molecular weight excluding hydrogens is 527 g/mol. The molecule has 1 aliphatic rings. The van der Waals surface area contributed by atoms with Gasteiger partial charge in [0.25, 0.3) is 5.91 Å². The fraction of sp³-hybridized carbons (Fsp3) is 0.226. The van der Waals surface area contributed by atoms with E-state index >= 15 is 0 Å². The lowest BCUT2D eigenvalue weighted by atomic mass is 9.91. The Bertz CT molecular complexity index is 1640. The summed E-state index contributed by atoms with van der Waals surface area (Å²) in [7, 11) is 3.23. The van der Waals surface area contributed by atoms with E-state index in [1.807, 2.05) is 32.9 Å². The van der Waals surface area contributed by atoms with Crippen molar-refractivity contribution in [3.8, 4) is 28.4 Å². The van der Waals surface area contributed by atoms with Crippen molar-refractivity contribution < 1.29 is 28.2 Å². The van der Waals surface area contributed by atoms with Gasteiger partial charge in [0.1, 0.15) is 41.5 Å². The fourth-order valence-electron chi connectivity index (χ4n) is 4.84. The van der Waals surface area contributed by atoms with E-state index in [1.54, 1.807) is 36.2 Å². The van der Waals surface area contributed by atoms with Crippen LogP contribution in [0.25, 0.3) is 11.1 Å². The fourth-order valence-corrected chi connectivity index (χ4v) is 4.84. The topological polar surface area (TPSA) is 103 Å². The molecule has 210 valence electrons. The molecule has 0 bridgehead atoms. The Kier molecular flexibility index (Phi) is 7.32. The molecule has 2 heterocycles. The molecule has 0 atom stereocenters. The monoisotopic (exact) mass is 556 g/mol. The van der Waals surface area contributed by atoms with Crippen molar-refractivity contribution in [1.29, 1.82) is 0 Å². The highest BCUT2D eigenvalue weighted by molar-refractivity contribution is 6.08. The molecule has 9 nitrogen and oxygen atoms in total. The van der Waals surface area contributed by atoms with Gasteiger partial charge < -0.3 is 24.4 Å². The van der Waals surface area contributed by atoms with Crippen molar-refractivity contribution in [3.63, 3.8) is 0 Å². The summed E-state index contributed by atoms with van der Waals surface area (Å²) >= 11 is 0. The Labute approximate surface area is 236 Å². The van der Waals surface area contributed by atoms with Crippen LogP contribution in [0.3, 0.4) is 0 Å². The molecule has 10 heteroatoms. The summed E-state index contributed by atoms with van der Waals surface area (Å²) in [6.07, 6.45) is 4.06. The number of amides is 1. The van der Waals surface area contributed by atoms with Crippen LogP contribution in [-0.2, 0) is 11.4 Å². The van der Waals surface area contributed by atoms with Crippen molar-refractivity contribution in [2.24, 2.45) is 0 Å². The number of aromatic nitrogens is 2. The SMILES string of the molecule is COc1cc(OC(=O)c2cncnc2)ccc1-c1ccc2c(c1COc1cc(F)ccc1C)N(C)C(=O)C(C)(C)N2. The molecule has 5 rings (SSSR count). The molecule has 4 aromatic rings.